The van der Waals surface area contributed by atoms with Crippen molar-refractivity contribution in [3.8, 4) is 11.5 Å². The van der Waals surface area contributed by atoms with Gasteiger partial charge in [-0.05, 0) is 12.1 Å². The first-order valence-corrected chi connectivity index (χ1v) is 5.00. The van der Waals surface area contributed by atoms with Gasteiger partial charge in [0.25, 0.3) is 0 Å². The van der Waals surface area contributed by atoms with Crippen LogP contribution in [0.3, 0.4) is 0 Å². The molecule has 80 valence electrons. The Labute approximate surface area is 95.7 Å². The Morgan fingerprint density at radius 3 is 2.81 bits per heavy atom. The summed E-state index contributed by atoms with van der Waals surface area (Å²) in [5.74, 6) is 1.28. The van der Waals surface area contributed by atoms with Crippen LogP contribution in [-0.2, 0) is 0 Å². The van der Waals surface area contributed by atoms with Crippen LogP contribution in [0.1, 0.15) is 10.4 Å². The Morgan fingerprint density at radius 2 is 2.06 bits per heavy atom. The number of nitrogens with zero attached hydrogens (tertiary/aromatic N) is 1. The largest absolute Gasteiger partial charge is 0.454 e. The van der Waals surface area contributed by atoms with Gasteiger partial charge in [-0.1, -0.05) is 11.6 Å². The zero-order valence-corrected chi connectivity index (χ0v) is 8.82. The van der Waals surface area contributed by atoms with E-state index in [0.29, 0.717) is 23.3 Å². The number of carbonyl (C=O) groups excluding carboxylic acids is 1. The van der Waals surface area contributed by atoms with E-state index in [1.54, 1.807) is 18.3 Å². The SMILES string of the molecule is O=Cc1c(Cl)ncc2cc3c(cc12)OCO3. The van der Waals surface area contributed by atoms with Crippen molar-refractivity contribution in [2.24, 2.45) is 0 Å². The second-order valence-electron chi connectivity index (χ2n) is 3.37. The fraction of sp³-hybridized carbons (Fsp3) is 0.0909. The quantitative estimate of drug-likeness (QED) is 0.563. The van der Waals surface area contributed by atoms with E-state index in [-0.39, 0.29) is 11.9 Å². The summed E-state index contributed by atoms with van der Waals surface area (Å²) in [7, 11) is 0. The summed E-state index contributed by atoms with van der Waals surface area (Å²) in [6.45, 7) is 0.198. The van der Waals surface area contributed by atoms with Gasteiger partial charge in [0.2, 0.25) is 6.79 Å². The van der Waals surface area contributed by atoms with E-state index in [9.17, 15) is 4.79 Å². The van der Waals surface area contributed by atoms with Crippen LogP contribution in [0.25, 0.3) is 10.8 Å². The molecule has 16 heavy (non-hydrogen) atoms. The van der Waals surface area contributed by atoms with Crippen LogP contribution >= 0.6 is 11.6 Å². The smallest absolute Gasteiger partial charge is 0.231 e. The van der Waals surface area contributed by atoms with Crippen LogP contribution in [-0.4, -0.2) is 18.1 Å². The van der Waals surface area contributed by atoms with Crippen molar-refractivity contribution in [2.45, 2.75) is 0 Å². The molecule has 0 bridgehead atoms. The lowest BCUT2D eigenvalue weighted by Crippen LogP contribution is -1.92. The van der Waals surface area contributed by atoms with Gasteiger partial charge in [0.05, 0.1) is 5.56 Å². The summed E-state index contributed by atoms with van der Waals surface area (Å²) >= 11 is 5.84. The van der Waals surface area contributed by atoms with Crippen LogP contribution in [0.5, 0.6) is 11.5 Å². The number of benzene rings is 1. The first-order chi connectivity index (χ1) is 7.79. The minimum absolute atomic E-state index is 0.196. The molecule has 0 fully saturated rings. The first kappa shape index (κ1) is 9.42. The minimum atomic E-state index is 0.196. The molecule has 2 heterocycles. The van der Waals surface area contributed by atoms with Gasteiger partial charge in [0.1, 0.15) is 5.15 Å². The lowest BCUT2D eigenvalue weighted by atomic mass is 10.1. The molecule has 5 heteroatoms. The normalized spacial score (nSPS) is 13.1. The molecule has 2 aromatic rings. The molecule has 0 atom stereocenters. The highest BCUT2D eigenvalue weighted by Crippen LogP contribution is 2.37. The second kappa shape index (κ2) is 3.35. The maximum absolute atomic E-state index is 10.9. The Kier molecular flexibility index (Phi) is 1.97. The molecule has 0 aliphatic carbocycles. The number of fused-ring (bicyclic) bond motifs is 2. The molecule has 1 aliphatic heterocycles. The predicted octanol–water partition coefficient (Wildman–Crippen LogP) is 2.43. The van der Waals surface area contributed by atoms with Crippen LogP contribution in [0.4, 0.5) is 0 Å². The van der Waals surface area contributed by atoms with Gasteiger partial charge in [-0.2, -0.15) is 0 Å². The lowest BCUT2D eigenvalue weighted by Gasteiger charge is -2.04. The maximum atomic E-state index is 10.9. The number of aromatic nitrogens is 1. The van der Waals surface area contributed by atoms with E-state index in [1.807, 2.05) is 0 Å². The summed E-state index contributed by atoms with van der Waals surface area (Å²) < 4.78 is 10.5. The molecule has 0 saturated heterocycles. The molecule has 0 spiro atoms. The average Bonchev–Trinajstić information content (AvgIpc) is 2.73. The van der Waals surface area contributed by atoms with Gasteiger partial charge in [-0.15, -0.1) is 0 Å². The van der Waals surface area contributed by atoms with Crippen LogP contribution in [0, 0.1) is 0 Å². The van der Waals surface area contributed by atoms with Crippen molar-refractivity contribution in [2.75, 3.05) is 6.79 Å². The molecule has 1 aromatic carbocycles. The minimum Gasteiger partial charge on any atom is -0.454 e. The molecule has 4 nitrogen and oxygen atoms in total. The standard InChI is InChI=1S/C11H6ClNO3/c12-11-8(4-14)7-2-10-9(15-5-16-10)1-6(7)3-13-11/h1-4H,5H2. The van der Waals surface area contributed by atoms with Crippen molar-refractivity contribution < 1.29 is 14.3 Å². The Balaban J connectivity index is 2.39. The molecule has 0 radical (unpaired) electrons. The lowest BCUT2D eigenvalue weighted by molar-refractivity contribution is 0.112. The van der Waals surface area contributed by atoms with E-state index in [1.165, 1.54) is 0 Å². The molecule has 0 unspecified atom stereocenters. The summed E-state index contributed by atoms with van der Waals surface area (Å²) in [4.78, 5) is 14.9. The van der Waals surface area contributed by atoms with Gasteiger partial charge in [-0.3, -0.25) is 4.79 Å². The Bertz CT molecular complexity index is 597. The van der Waals surface area contributed by atoms with Gasteiger partial charge in [0, 0.05) is 17.0 Å². The van der Waals surface area contributed by atoms with Crippen molar-refractivity contribution in [3.05, 3.63) is 29.0 Å². The van der Waals surface area contributed by atoms with Crippen molar-refractivity contribution >= 4 is 28.7 Å². The van der Waals surface area contributed by atoms with Crippen molar-refractivity contribution in [1.82, 2.24) is 4.98 Å². The first-order valence-electron chi connectivity index (χ1n) is 4.62. The number of halogens is 1. The Morgan fingerprint density at radius 1 is 1.31 bits per heavy atom. The molecule has 1 aromatic heterocycles. The third kappa shape index (κ3) is 1.23. The predicted molar refractivity (Wildman–Crippen MR) is 58.3 cm³/mol. The summed E-state index contributed by atoms with van der Waals surface area (Å²) in [5, 5.41) is 1.72. The van der Waals surface area contributed by atoms with E-state index in [0.717, 1.165) is 10.8 Å². The molecular formula is C11H6ClNO3. The molecule has 3 rings (SSSR count). The van der Waals surface area contributed by atoms with Gasteiger partial charge in [0.15, 0.2) is 17.8 Å². The zero-order chi connectivity index (χ0) is 11.1. The fourth-order valence-corrected chi connectivity index (χ4v) is 1.91. The molecular weight excluding hydrogens is 230 g/mol. The van der Waals surface area contributed by atoms with Crippen LogP contribution in [0.2, 0.25) is 5.15 Å². The summed E-state index contributed by atoms with van der Waals surface area (Å²) in [5.41, 5.74) is 0.373. The number of ether oxygens (including phenoxy) is 2. The average molecular weight is 236 g/mol. The number of hydrogen-bond acceptors (Lipinski definition) is 4. The number of rotatable bonds is 1. The highest BCUT2D eigenvalue weighted by Gasteiger charge is 2.16. The number of hydrogen-bond donors (Lipinski definition) is 0. The Hall–Kier alpha value is -1.81. The van der Waals surface area contributed by atoms with E-state index in [2.05, 4.69) is 4.98 Å². The van der Waals surface area contributed by atoms with E-state index in [4.69, 9.17) is 21.1 Å². The van der Waals surface area contributed by atoms with Gasteiger partial charge >= 0.3 is 0 Å². The van der Waals surface area contributed by atoms with Crippen LogP contribution < -0.4 is 9.47 Å². The van der Waals surface area contributed by atoms with E-state index >= 15 is 0 Å². The molecule has 1 aliphatic rings. The maximum Gasteiger partial charge on any atom is 0.231 e. The van der Waals surface area contributed by atoms with Gasteiger partial charge < -0.3 is 9.47 Å². The topological polar surface area (TPSA) is 48.4 Å². The molecule has 0 amide bonds. The fourth-order valence-electron chi connectivity index (χ4n) is 1.72. The highest BCUT2D eigenvalue weighted by atomic mass is 35.5. The van der Waals surface area contributed by atoms with Gasteiger partial charge in [-0.25, -0.2) is 4.98 Å². The van der Waals surface area contributed by atoms with Crippen LogP contribution in [0.15, 0.2) is 18.3 Å². The highest BCUT2D eigenvalue weighted by molar-refractivity contribution is 6.33. The summed E-state index contributed by atoms with van der Waals surface area (Å²) in [6, 6.07) is 3.53. The third-order valence-electron chi connectivity index (χ3n) is 2.49. The van der Waals surface area contributed by atoms with E-state index < -0.39 is 0 Å². The summed E-state index contributed by atoms with van der Waals surface area (Å²) in [6.07, 6.45) is 2.30. The second-order valence-corrected chi connectivity index (χ2v) is 3.73. The monoisotopic (exact) mass is 235 g/mol. The van der Waals surface area contributed by atoms with Crippen molar-refractivity contribution in [3.63, 3.8) is 0 Å². The molecule has 0 N–H and O–H groups in total. The zero-order valence-electron chi connectivity index (χ0n) is 8.07. The third-order valence-corrected chi connectivity index (χ3v) is 2.79. The number of pyridine rings is 1. The number of carbonyl (C=O) groups is 1. The van der Waals surface area contributed by atoms with Crippen molar-refractivity contribution in [1.29, 1.82) is 0 Å². The molecule has 0 saturated carbocycles. The number of aldehydes is 1.